The predicted molar refractivity (Wildman–Crippen MR) is 83.7 cm³/mol. The molecule has 0 spiro atoms. The zero-order valence-electron chi connectivity index (χ0n) is 12.2. The van der Waals surface area contributed by atoms with Gasteiger partial charge in [-0.3, -0.25) is 4.79 Å². The minimum atomic E-state index is 0.0244. The number of anilines is 1. The van der Waals surface area contributed by atoms with Crippen molar-refractivity contribution in [2.24, 2.45) is 0 Å². The maximum absolute atomic E-state index is 11.6. The number of nitrogens with zero attached hydrogens (tertiary/aromatic N) is 1. The highest BCUT2D eigenvalue weighted by atomic mass is 35.5. The summed E-state index contributed by atoms with van der Waals surface area (Å²) in [6, 6.07) is 7.43. The number of unbranched alkanes of at least 4 members (excludes halogenated alkanes) is 1. The molecule has 1 N–H and O–H groups in total. The lowest BCUT2D eigenvalue weighted by Gasteiger charge is -2.11. The highest BCUT2D eigenvalue weighted by Gasteiger charge is 2.02. The van der Waals surface area contributed by atoms with Gasteiger partial charge < -0.3 is 15.0 Å². The molecule has 1 aromatic rings. The van der Waals surface area contributed by atoms with E-state index < -0.39 is 0 Å². The van der Waals surface area contributed by atoms with Crippen LogP contribution in [-0.2, 0) is 4.79 Å². The van der Waals surface area contributed by atoms with Crippen LogP contribution in [0.2, 0.25) is 0 Å². The molecule has 0 aliphatic rings. The number of hydrogen-bond donors (Lipinski definition) is 1. The molecule has 20 heavy (non-hydrogen) atoms. The lowest BCUT2D eigenvalue weighted by Crippen LogP contribution is -2.19. The highest BCUT2D eigenvalue weighted by molar-refractivity contribution is 6.17. The SMILES string of the molecule is CN(C)CCOc1ccc(NC(=O)CCCCCl)cc1. The molecular weight excluding hydrogens is 276 g/mol. The number of carbonyl (C=O) groups excluding carboxylic acids is 1. The molecule has 1 rings (SSSR count). The van der Waals surface area contributed by atoms with E-state index in [4.69, 9.17) is 16.3 Å². The van der Waals surface area contributed by atoms with Crippen LogP contribution in [-0.4, -0.2) is 43.9 Å². The standard InChI is InChI=1S/C15H23ClN2O2/c1-18(2)11-12-20-14-8-6-13(7-9-14)17-15(19)5-3-4-10-16/h6-9H,3-5,10-12H2,1-2H3,(H,17,19). The molecule has 0 heterocycles. The largest absolute Gasteiger partial charge is 0.492 e. The Morgan fingerprint density at radius 1 is 1.25 bits per heavy atom. The number of nitrogens with one attached hydrogen (secondary N) is 1. The fourth-order valence-corrected chi connectivity index (χ4v) is 1.77. The number of ether oxygens (including phenoxy) is 1. The van der Waals surface area contributed by atoms with Crippen molar-refractivity contribution < 1.29 is 9.53 Å². The Hall–Kier alpha value is -1.26. The molecule has 0 saturated heterocycles. The van der Waals surface area contributed by atoms with Crippen molar-refractivity contribution >= 4 is 23.2 Å². The van der Waals surface area contributed by atoms with Crippen LogP contribution in [0.4, 0.5) is 5.69 Å². The Kier molecular flexibility index (Phi) is 8.07. The quantitative estimate of drug-likeness (QED) is 0.563. The summed E-state index contributed by atoms with van der Waals surface area (Å²) in [6.07, 6.45) is 2.20. The van der Waals surface area contributed by atoms with E-state index in [0.717, 1.165) is 30.8 Å². The van der Waals surface area contributed by atoms with Gasteiger partial charge in [-0.1, -0.05) is 0 Å². The number of rotatable bonds is 9. The zero-order chi connectivity index (χ0) is 14.8. The molecule has 0 aliphatic heterocycles. The monoisotopic (exact) mass is 298 g/mol. The van der Waals surface area contributed by atoms with Crippen LogP contribution in [0.15, 0.2) is 24.3 Å². The smallest absolute Gasteiger partial charge is 0.224 e. The van der Waals surface area contributed by atoms with Crippen molar-refractivity contribution in [1.82, 2.24) is 4.90 Å². The number of hydrogen-bond acceptors (Lipinski definition) is 3. The van der Waals surface area contributed by atoms with Crippen LogP contribution in [0.3, 0.4) is 0 Å². The minimum absolute atomic E-state index is 0.0244. The molecule has 0 radical (unpaired) electrons. The normalized spacial score (nSPS) is 10.6. The summed E-state index contributed by atoms with van der Waals surface area (Å²) in [5.74, 6) is 1.44. The fraction of sp³-hybridized carbons (Fsp3) is 0.533. The Bertz CT molecular complexity index is 393. The van der Waals surface area contributed by atoms with Crippen molar-refractivity contribution in [2.45, 2.75) is 19.3 Å². The van der Waals surface area contributed by atoms with Gasteiger partial charge in [0.15, 0.2) is 0 Å². The van der Waals surface area contributed by atoms with Gasteiger partial charge in [-0.25, -0.2) is 0 Å². The maximum Gasteiger partial charge on any atom is 0.224 e. The Labute approximate surface area is 126 Å². The first-order valence-electron chi connectivity index (χ1n) is 6.85. The lowest BCUT2D eigenvalue weighted by atomic mass is 10.2. The third-order valence-corrected chi connectivity index (χ3v) is 3.00. The van der Waals surface area contributed by atoms with Crippen molar-refractivity contribution in [3.63, 3.8) is 0 Å². The summed E-state index contributed by atoms with van der Waals surface area (Å²) in [6.45, 7) is 1.52. The molecule has 0 unspecified atom stereocenters. The number of likely N-dealkylation sites (N-methyl/N-ethyl adjacent to an activating group) is 1. The van der Waals surface area contributed by atoms with Gasteiger partial charge in [0.2, 0.25) is 5.91 Å². The van der Waals surface area contributed by atoms with Crippen LogP contribution in [0.1, 0.15) is 19.3 Å². The number of amides is 1. The highest BCUT2D eigenvalue weighted by Crippen LogP contribution is 2.16. The number of carbonyl (C=O) groups is 1. The average Bonchev–Trinajstić information content (AvgIpc) is 2.41. The first-order valence-corrected chi connectivity index (χ1v) is 7.38. The molecule has 1 aromatic carbocycles. The van der Waals surface area contributed by atoms with Gasteiger partial charge in [-0.05, 0) is 51.2 Å². The summed E-state index contributed by atoms with van der Waals surface area (Å²) >= 11 is 5.58. The van der Waals surface area contributed by atoms with Crippen molar-refractivity contribution in [1.29, 1.82) is 0 Å². The second-order valence-electron chi connectivity index (χ2n) is 4.87. The van der Waals surface area contributed by atoms with Crippen molar-refractivity contribution in [2.75, 3.05) is 38.4 Å². The Balaban J connectivity index is 2.32. The Morgan fingerprint density at radius 3 is 2.55 bits per heavy atom. The lowest BCUT2D eigenvalue weighted by molar-refractivity contribution is -0.116. The first kappa shape index (κ1) is 16.8. The summed E-state index contributed by atoms with van der Waals surface area (Å²) in [7, 11) is 4.01. The summed E-state index contributed by atoms with van der Waals surface area (Å²) in [4.78, 5) is 13.7. The summed E-state index contributed by atoms with van der Waals surface area (Å²) in [5.41, 5.74) is 0.792. The molecule has 0 fully saturated rings. The summed E-state index contributed by atoms with van der Waals surface area (Å²) < 4.78 is 5.59. The molecule has 0 aromatic heterocycles. The van der Waals surface area contributed by atoms with E-state index in [1.807, 2.05) is 38.4 Å². The molecule has 0 atom stereocenters. The van der Waals surface area contributed by atoms with Gasteiger partial charge in [0.1, 0.15) is 12.4 Å². The van der Waals surface area contributed by atoms with Crippen LogP contribution in [0.25, 0.3) is 0 Å². The molecule has 1 amide bonds. The predicted octanol–water partition coefficient (Wildman–Crippen LogP) is 2.97. The summed E-state index contributed by atoms with van der Waals surface area (Å²) in [5, 5.41) is 2.86. The van der Waals surface area contributed by atoms with Gasteiger partial charge in [-0.15, -0.1) is 11.6 Å². The van der Waals surface area contributed by atoms with E-state index in [1.165, 1.54) is 0 Å². The molecule has 0 aliphatic carbocycles. The maximum atomic E-state index is 11.6. The molecule has 0 saturated carbocycles. The molecule has 112 valence electrons. The fourth-order valence-electron chi connectivity index (χ4n) is 1.58. The Morgan fingerprint density at radius 2 is 1.95 bits per heavy atom. The molecule has 5 heteroatoms. The van der Waals surface area contributed by atoms with Crippen LogP contribution in [0.5, 0.6) is 5.75 Å². The number of halogens is 1. The van der Waals surface area contributed by atoms with E-state index in [1.54, 1.807) is 0 Å². The van der Waals surface area contributed by atoms with E-state index >= 15 is 0 Å². The topological polar surface area (TPSA) is 41.6 Å². The van der Waals surface area contributed by atoms with E-state index in [2.05, 4.69) is 10.2 Å². The second-order valence-corrected chi connectivity index (χ2v) is 5.25. The van der Waals surface area contributed by atoms with E-state index in [-0.39, 0.29) is 5.91 Å². The zero-order valence-corrected chi connectivity index (χ0v) is 12.9. The van der Waals surface area contributed by atoms with Crippen LogP contribution >= 0.6 is 11.6 Å². The second kappa shape index (κ2) is 9.61. The van der Waals surface area contributed by atoms with Gasteiger partial charge in [0.05, 0.1) is 0 Å². The molecular formula is C15H23ClN2O2. The van der Waals surface area contributed by atoms with Crippen LogP contribution < -0.4 is 10.1 Å². The van der Waals surface area contributed by atoms with Crippen molar-refractivity contribution in [3.8, 4) is 5.75 Å². The third-order valence-electron chi connectivity index (χ3n) is 2.73. The average molecular weight is 299 g/mol. The van der Waals surface area contributed by atoms with Gasteiger partial charge in [0, 0.05) is 24.5 Å². The van der Waals surface area contributed by atoms with E-state index in [9.17, 15) is 4.79 Å². The molecule has 0 bridgehead atoms. The van der Waals surface area contributed by atoms with Gasteiger partial charge in [-0.2, -0.15) is 0 Å². The van der Waals surface area contributed by atoms with E-state index in [0.29, 0.717) is 18.9 Å². The first-order chi connectivity index (χ1) is 9.61. The minimum Gasteiger partial charge on any atom is -0.492 e. The number of benzene rings is 1. The van der Waals surface area contributed by atoms with Crippen molar-refractivity contribution in [3.05, 3.63) is 24.3 Å². The van der Waals surface area contributed by atoms with Crippen LogP contribution in [0, 0.1) is 0 Å². The molecule has 4 nitrogen and oxygen atoms in total. The third kappa shape index (κ3) is 7.36. The van der Waals surface area contributed by atoms with Gasteiger partial charge in [0.25, 0.3) is 0 Å². The number of alkyl halides is 1. The van der Waals surface area contributed by atoms with Gasteiger partial charge >= 0.3 is 0 Å².